The molecule has 0 amide bonds. The second-order valence-corrected chi connectivity index (χ2v) is 7.21. The molecule has 0 bridgehead atoms. The van der Waals surface area contributed by atoms with Gasteiger partial charge in [0.15, 0.2) is 5.78 Å². The molecule has 1 aliphatic heterocycles. The second kappa shape index (κ2) is 7.83. The Labute approximate surface area is 150 Å². The molecule has 1 N–H and O–H groups in total. The predicted molar refractivity (Wildman–Crippen MR) is 101 cm³/mol. The molecule has 1 atom stereocenters. The van der Waals surface area contributed by atoms with Crippen molar-refractivity contribution in [3.8, 4) is 5.75 Å². The van der Waals surface area contributed by atoms with Gasteiger partial charge in [-0.1, -0.05) is 30.3 Å². The van der Waals surface area contributed by atoms with Crippen LogP contribution in [-0.4, -0.2) is 34.9 Å². The van der Waals surface area contributed by atoms with Crippen LogP contribution < -0.4 is 0 Å². The van der Waals surface area contributed by atoms with Crippen LogP contribution in [0.3, 0.4) is 0 Å². The molecule has 132 valence electrons. The molecule has 25 heavy (non-hydrogen) atoms. The zero-order valence-electron chi connectivity index (χ0n) is 15.1. The Morgan fingerprint density at radius 2 is 1.84 bits per heavy atom. The lowest BCUT2D eigenvalue weighted by Gasteiger charge is -2.35. The molecule has 3 nitrogen and oxygen atoms in total. The van der Waals surface area contributed by atoms with Crippen LogP contribution in [0.5, 0.6) is 5.75 Å². The summed E-state index contributed by atoms with van der Waals surface area (Å²) in [4.78, 5) is 15.1. The maximum absolute atomic E-state index is 12.8. The first kappa shape index (κ1) is 17.7. The minimum absolute atomic E-state index is 0.110. The Balaban J connectivity index is 1.56. The van der Waals surface area contributed by atoms with Gasteiger partial charge in [-0.25, -0.2) is 0 Å². The summed E-state index contributed by atoms with van der Waals surface area (Å²) in [6, 6.07) is 15.7. The van der Waals surface area contributed by atoms with Gasteiger partial charge < -0.3 is 5.11 Å². The van der Waals surface area contributed by atoms with Gasteiger partial charge in [0, 0.05) is 5.56 Å². The van der Waals surface area contributed by atoms with Gasteiger partial charge in [0.1, 0.15) is 5.75 Å². The molecule has 1 fully saturated rings. The van der Waals surface area contributed by atoms with E-state index in [0.29, 0.717) is 11.5 Å². The van der Waals surface area contributed by atoms with Gasteiger partial charge in [0.25, 0.3) is 0 Å². The van der Waals surface area contributed by atoms with Crippen molar-refractivity contribution >= 4 is 5.78 Å². The van der Waals surface area contributed by atoms with Crippen molar-refractivity contribution in [3.63, 3.8) is 0 Å². The molecule has 2 aromatic rings. The number of aromatic hydroxyl groups is 1. The molecule has 1 saturated heterocycles. The highest BCUT2D eigenvalue weighted by Crippen LogP contribution is 2.25. The van der Waals surface area contributed by atoms with Crippen LogP contribution >= 0.6 is 0 Å². The van der Waals surface area contributed by atoms with E-state index in [2.05, 4.69) is 35.2 Å². The Morgan fingerprint density at radius 3 is 2.48 bits per heavy atom. The minimum Gasteiger partial charge on any atom is -0.508 e. The maximum Gasteiger partial charge on any atom is 0.179 e. The van der Waals surface area contributed by atoms with E-state index in [1.54, 1.807) is 18.2 Å². The van der Waals surface area contributed by atoms with Crippen molar-refractivity contribution in [3.05, 3.63) is 65.2 Å². The van der Waals surface area contributed by atoms with E-state index >= 15 is 0 Å². The summed E-state index contributed by atoms with van der Waals surface area (Å²) >= 11 is 0. The summed E-state index contributed by atoms with van der Waals surface area (Å²) in [5, 5.41) is 9.64. The molecule has 1 aliphatic rings. The van der Waals surface area contributed by atoms with Crippen LogP contribution in [0.25, 0.3) is 0 Å². The number of aryl methyl sites for hydroxylation is 1. The number of piperidine rings is 1. The molecule has 0 radical (unpaired) electrons. The molecular weight excluding hydrogens is 310 g/mol. The Morgan fingerprint density at radius 1 is 1.16 bits per heavy atom. The average Bonchev–Trinajstić information content (AvgIpc) is 2.64. The van der Waals surface area contributed by atoms with Crippen LogP contribution in [0.15, 0.2) is 48.5 Å². The summed E-state index contributed by atoms with van der Waals surface area (Å²) in [7, 11) is 0. The molecule has 3 rings (SSSR count). The number of likely N-dealkylation sites (tertiary alicyclic amines) is 1. The first-order chi connectivity index (χ1) is 12.0. The van der Waals surface area contributed by atoms with E-state index in [-0.39, 0.29) is 17.6 Å². The third-order valence-corrected chi connectivity index (χ3v) is 5.42. The minimum atomic E-state index is -0.110. The molecule has 0 aromatic heterocycles. The average molecular weight is 337 g/mol. The zero-order valence-corrected chi connectivity index (χ0v) is 15.1. The lowest BCUT2D eigenvalue weighted by atomic mass is 9.89. The number of nitrogens with zero attached hydrogens (tertiary/aromatic N) is 1. The second-order valence-electron chi connectivity index (χ2n) is 7.21. The third kappa shape index (κ3) is 4.29. The number of carbonyl (C=O) groups excluding carboxylic acids is 1. The summed E-state index contributed by atoms with van der Waals surface area (Å²) in [6.07, 6.45) is 3.41. The van der Waals surface area contributed by atoms with Crippen LogP contribution in [0.2, 0.25) is 0 Å². The molecule has 0 spiro atoms. The number of phenolic OH excluding ortho intramolecular Hbond substituents is 1. The number of Topliss-reactive ketones (excluding diaryl/α,β-unsaturated/α-hetero) is 1. The van der Waals surface area contributed by atoms with Crippen LogP contribution in [0.1, 0.15) is 41.3 Å². The molecule has 1 unspecified atom stereocenters. The highest BCUT2D eigenvalue weighted by molar-refractivity contribution is 6.00. The van der Waals surface area contributed by atoms with Gasteiger partial charge in [-0.05, 0) is 81.4 Å². The van der Waals surface area contributed by atoms with Gasteiger partial charge in [-0.3, -0.25) is 9.69 Å². The van der Waals surface area contributed by atoms with Gasteiger partial charge in [-0.2, -0.15) is 0 Å². The van der Waals surface area contributed by atoms with E-state index in [9.17, 15) is 9.90 Å². The van der Waals surface area contributed by atoms with Crippen molar-refractivity contribution in [2.75, 3.05) is 13.1 Å². The standard InChI is InChI=1S/C22H27NO2/c1-16-14-20(8-9-21(16)24)22(25)17(2)23-12-10-19(11-13-23)15-18-6-4-3-5-7-18/h3-9,14,17,19,24H,10-13,15H2,1-2H3. The summed E-state index contributed by atoms with van der Waals surface area (Å²) in [5.74, 6) is 1.09. The largest absolute Gasteiger partial charge is 0.508 e. The predicted octanol–water partition coefficient (Wildman–Crippen LogP) is 4.23. The first-order valence-electron chi connectivity index (χ1n) is 9.16. The molecule has 1 heterocycles. The van der Waals surface area contributed by atoms with Crippen LogP contribution in [0, 0.1) is 12.8 Å². The summed E-state index contributed by atoms with van der Waals surface area (Å²) < 4.78 is 0. The third-order valence-electron chi connectivity index (χ3n) is 5.42. The highest BCUT2D eigenvalue weighted by atomic mass is 16.3. The van der Waals surface area contributed by atoms with E-state index in [1.165, 1.54) is 5.56 Å². The Bertz CT molecular complexity index is 718. The number of ketones is 1. The molecular formula is C22H27NO2. The van der Waals surface area contributed by atoms with Gasteiger partial charge in [-0.15, -0.1) is 0 Å². The van der Waals surface area contributed by atoms with Gasteiger partial charge >= 0.3 is 0 Å². The van der Waals surface area contributed by atoms with Crippen molar-refractivity contribution < 1.29 is 9.90 Å². The number of carbonyl (C=O) groups is 1. The smallest absolute Gasteiger partial charge is 0.179 e. The zero-order chi connectivity index (χ0) is 17.8. The monoisotopic (exact) mass is 337 g/mol. The molecule has 0 aliphatic carbocycles. The maximum atomic E-state index is 12.8. The topological polar surface area (TPSA) is 40.5 Å². The molecule has 0 saturated carbocycles. The van der Waals surface area contributed by atoms with Crippen molar-refractivity contribution in [2.45, 2.75) is 39.2 Å². The summed E-state index contributed by atoms with van der Waals surface area (Å²) in [5.41, 5.74) is 2.85. The van der Waals surface area contributed by atoms with Crippen molar-refractivity contribution in [1.82, 2.24) is 4.90 Å². The highest BCUT2D eigenvalue weighted by Gasteiger charge is 2.27. The Hall–Kier alpha value is -2.13. The lowest BCUT2D eigenvalue weighted by molar-refractivity contribution is 0.0771. The SMILES string of the molecule is Cc1cc(C(=O)C(C)N2CCC(Cc3ccccc3)CC2)ccc1O. The number of rotatable bonds is 5. The van der Waals surface area contributed by atoms with Gasteiger partial charge in [0.05, 0.1) is 6.04 Å². The first-order valence-corrected chi connectivity index (χ1v) is 9.16. The normalized spacial score (nSPS) is 17.4. The molecule has 3 heteroatoms. The fourth-order valence-corrected chi connectivity index (χ4v) is 3.71. The molecule has 2 aromatic carbocycles. The van der Waals surface area contributed by atoms with Crippen molar-refractivity contribution in [1.29, 1.82) is 0 Å². The lowest BCUT2D eigenvalue weighted by Crippen LogP contribution is -2.44. The number of hydrogen-bond donors (Lipinski definition) is 1. The number of benzene rings is 2. The number of hydrogen-bond acceptors (Lipinski definition) is 3. The van der Waals surface area contributed by atoms with E-state index in [1.807, 2.05) is 13.8 Å². The quantitative estimate of drug-likeness (QED) is 0.830. The Kier molecular flexibility index (Phi) is 5.54. The fraction of sp³-hybridized carbons (Fsp3) is 0.409. The van der Waals surface area contributed by atoms with E-state index in [4.69, 9.17) is 0 Å². The van der Waals surface area contributed by atoms with Crippen LogP contribution in [-0.2, 0) is 6.42 Å². The van der Waals surface area contributed by atoms with E-state index < -0.39 is 0 Å². The fourth-order valence-electron chi connectivity index (χ4n) is 3.71. The number of phenols is 1. The van der Waals surface area contributed by atoms with Crippen LogP contribution in [0.4, 0.5) is 0 Å². The summed E-state index contributed by atoms with van der Waals surface area (Å²) in [6.45, 7) is 5.77. The van der Waals surface area contributed by atoms with Crippen molar-refractivity contribution in [2.24, 2.45) is 5.92 Å². The van der Waals surface area contributed by atoms with E-state index in [0.717, 1.165) is 37.9 Å². The van der Waals surface area contributed by atoms with Gasteiger partial charge in [0.2, 0.25) is 0 Å².